The molecule has 5 heteroatoms. The van der Waals surface area contributed by atoms with E-state index >= 15 is 0 Å². The minimum Gasteiger partial charge on any atom is -0.495 e. The van der Waals surface area contributed by atoms with Crippen molar-refractivity contribution >= 4 is 28.9 Å². The largest absolute Gasteiger partial charge is 0.495 e. The highest BCUT2D eigenvalue weighted by Gasteiger charge is 2.22. The number of anilines is 1. The van der Waals surface area contributed by atoms with Crippen molar-refractivity contribution in [1.29, 1.82) is 0 Å². The van der Waals surface area contributed by atoms with Gasteiger partial charge in [0, 0.05) is 5.41 Å². The summed E-state index contributed by atoms with van der Waals surface area (Å²) in [6.45, 7) is 7.47. The number of benzene rings is 1. The molecule has 0 aliphatic rings. The lowest BCUT2D eigenvalue weighted by Crippen LogP contribution is -2.41. The second kappa shape index (κ2) is 6.02. The molecular formula is C14H20N2O2S. The third kappa shape index (κ3) is 4.52. The number of nitrogens with one attached hydrogen (secondary N) is 2. The second-order valence-electron chi connectivity index (χ2n) is 5.36. The van der Waals surface area contributed by atoms with Crippen LogP contribution in [0.25, 0.3) is 0 Å². The lowest BCUT2D eigenvalue weighted by molar-refractivity contribution is -0.126. The van der Waals surface area contributed by atoms with Gasteiger partial charge in [-0.3, -0.25) is 4.79 Å². The number of methoxy groups -OCH3 is 1. The Morgan fingerprint density at radius 3 is 2.47 bits per heavy atom. The van der Waals surface area contributed by atoms with E-state index in [0.29, 0.717) is 5.75 Å². The maximum Gasteiger partial charge on any atom is 0.231 e. The molecule has 0 radical (unpaired) electrons. The Morgan fingerprint density at radius 2 is 1.95 bits per heavy atom. The number of aryl methyl sites for hydroxylation is 1. The molecule has 0 aliphatic carbocycles. The highest BCUT2D eigenvalue weighted by atomic mass is 32.1. The molecule has 2 N–H and O–H groups in total. The number of thiocarbonyl (C=S) groups is 1. The molecule has 19 heavy (non-hydrogen) atoms. The molecule has 1 amide bonds. The molecule has 4 nitrogen and oxygen atoms in total. The van der Waals surface area contributed by atoms with Crippen LogP contribution in [0, 0.1) is 12.3 Å². The van der Waals surface area contributed by atoms with Gasteiger partial charge in [-0.05, 0) is 36.8 Å². The van der Waals surface area contributed by atoms with E-state index in [1.807, 2.05) is 45.9 Å². The lowest BCUT2D eigenvalue weighted by atomic mass is 9.96. The topological polar surface area (TPSA) is 50.4 Å². The highest BCUT2D eigenvalue weighted by molar-refractivity contribution is 7.80. The Kier molecular flexibility index (Phi) is 4.89. The first kappa shape index (κ1) is 15.4. The van der Waals surface area contributed by atoms with Gasteiger partial charge in [0.1, 0.15) is 5.75 Å². The average Bonchev–Trinajstić information content (AvgIpc) is 2.27. The van der Waals surface area contributed by atoms with Crippen LogP contribution in [0.2, 0.25) is 0 Å². The zero-order chi connectivity index (χ0) is 14.6. The predicted octanol–water partition coefficient (Wildman–Crippen LogP) is 2.86. The second-order valence-corrected chi connectivity index (χ2v) is 5.77. The number of carbonyl (C=O) groups excluding carboxylic acids is 1. The van der Waals surface area contributed by atoms with Crippen molar-refractivity contribution in [3.8, 4) is 5.75 Å². The van der Waals surface area contributed by atoms with Crippen molar-refractivity contribution in [2.45, 2.75) is 27.7 Å². The van der Waals surface area contributed by atoms with Gasteiger partial charge in [-0.1, -0.05) is 26.8 Å². The SMILES string of the molecule is COc1ccc(C)cc1NC(=S)NC(=O)C(C)(C)C. The molecule has 0 aromatic heterocycles. The molecule has 1 rings (SSSR count). The maximum absolute atomic E-state index is 11.8. The summed E-state index contributed by atoms with van der Waals surface area (Å²) in [5.41, 5.74) is 1.33. The number of hydrogen-bond acceptors (Lipinski definition) is 3. The zero-order valence-corrected chi connectivity index (χ0v) is 12.8. The van der Waals surface area contributed by atoms with Crippen molar-refractivity contribution < 1.29 is 9.53 Å². The molecule has 104 valence electrons. The molecule has 0 saturated carbocycles. The van der Waals surface area contributed by atoms with Gasteiger partial charge in [0.25, 0.3) is 0 Å². The predicted molar refractivity (Wildman–Crippen MR) is 81.5 cm³/mol. The molecule has 1 aromatic carbocycles. The van der Waals surface area contributed by atoms with E-state index in [-0.39, 0.29) is 11.0 Å². The number of ether oxygens (including phenoxy) is 1. The Bertz CT molecular complexity index is 493. The van der Waals surface area contributed by atoms with E-state index in [1.54, 1.807) is 7.11 Å². The van der Waals surface area contributed by atoms with Crippen molar-refractivity contribution in [3.63, 3.8) is 0 Å². The summed E-state index contributed by atoms with van der Waals surface area (Å²) in [5.74, 6) is 0.551. The fraction of sp³-hybridized carbons (Fsp3) is 0.429. The first-order valence-electron chi connectivity index (χ1n) is 6.01. The molecule has 1 aromatic rings. The Hall–Kier alpha value is -1.62. The number of amides is 1. The average molecular weight is 280 g/mol. The van der Waals surface area contributed by atoms with Crippen molar-refractivity contribution in [1.82, 2.24) is 5.32 Å². The van der Waals surface area contributed by atoms with Crippen LogP contribution in [0.1, 0.15) is 26.3 Å². The van der Waals surface area contributed by atoms with Crippen LogP contribution in [0.15, 0.2) is 18.2 Å². The third-order valence-corrected chi connectivity index (χ3v) is 2.72. The minimum atomic E-state index is -0.484. The van der Waals surface area contributed by atoms with Gasteiger partial charge >= 0.3 is 0 Å². The Labute approximate surface area is 119 Å². The van der Waals surface area contributed by atoms with Gasteiger partial charge in [0.05, 0.1) is 12.8 Å². The molecule has 0 spiro atoms. The Balaban J connectivity index is 2.77. The van der Waals surface area contributed by atoms with E-state index in [4.69, 9.17) is 17.0 Å². The highest BCUT2D eigenvalue weighted by Crippen LogP contribution is 2.25. The zero-order valence-electron chi connectivity index (χ0n) is 12.0. The van der Waals surface area contributed by atoms with Crippen LogP contribution in [0.3, 0.4) is 0 Å². The van der Waals surface area contributed by atoms with Gasteiger partial charge in [-0.25, -0.2) is 0 Å². The van der Waals surface area contributed by atoms with Gasteiger partial charge in [-0.2, -0.15) is 0 Å². The molecule has 0 aliphatic heterocycles. The fourth-order valence-corrected chi connectivity index (χ4v) is 1.57. The smallest absolute Gasteiger partial charge is 0.231 e. The summed E-state index contributed by atoms with van der Waals surface area (Å²) in [6.07, 6.45) is 0. The van der Waals surface area contributed by atoms with Crippen LogP contribution < -0.4 is 15.4 Å². The summed E-state index contributed by atoms with van der Waals surface area (Å²) in [4.78, 5) is 11.8. The fourth-order valence-electron chi connectivity index (χ4n) is 1.36. The summed E-state index contributed by atoms with van der Waals surface area (Å²) in [6, 6.07) is 5.71. The van der Waals surface area contributed by atoms with E-state index in [1.165, 1.54) is 0 Å². The molecule has 0 unspecified atom stereocenters. The molecule has 0 heterocycles. The van der Waals surface area contributed by atoms with E-state index in [0.717, 1.165) is 11.3 Å². The summed E-state index contributed by atoms with van der Waals surface area (Å²) in [7, 11) is 1.59. The summed E-state index contributed by atoms with van der Waals surface area (Å²) in [5, 5.41) is 5.91. The number of carbonyl (C=O) groups is 1. The molecule has 0 bridgehead atoms. The summed E-state index contributed by atoms with van der Waals surface area (Å²) < 4.78 is 5.24. The normalized spacial score (nSPS) is 10.8. The minimum absolute atomic E-state index is 0.128. The van der Waals surface area contributed by atoms with Gasteiger partial charge in [0.15, 0.2) is 5.11 Å². The van der Waals surface area contributed by atoms with Crippen LogP contribution in [0.4, 0.5) is 5.69 Å². The molecule has 0 fully saturated rings. The van der Waals surface area contributed by atoms with Gasteiger partial charge in [-0.15, -0.1) is 0 Å². The van der Waals surface area contributed by atoms with E-state index in [9.17, 15) is 4.79 Å². The van der Waals surface area contributed by atoms with Crippen molar-refractivity contribution in [2.24, 2.45) is 5.41 Å². The van der Waals surface area contributed by atoms with Crippen LogP contribution in [-0.4, -0.2) is 18.1 Å². The molecule has 0 saturated heterocycles. The Morgan fingerprint density at radius 1 is 1.32 bits per heavy atom. The first-order valence-corrected chi connectivity index (χ1v) is 6.42. The standard InChI is InChI=1S/C14H20N2O2S/c1-9-6-7-11(18-5)10(8-9)15-13(19)16-12(17)14(2,3)4/h6-8H,1-5H3,(H2,15,16,17,19). The third-order valence-electron chi connectivity index (χ3n) is 2.51. The number of rotatable bonds is 2. The lowest BCUT2D eigenvalue weighted by Gasteiger charge is -2.19. The van der Waals surface area contributed by atoms with Crippen molar-refractivity contribution in [3.05, 3.63) is 23.8 Å². The van der Waals surface area contributed by atoms with Gasteiger partial charge in [0.2, 0.25) is 5.91 Å². The molecular weight excluding hydrogens is 260 g/mol. The van der Waals surface area contributed by atoms with Crippen molar-refractivity contribution in [2.75, 3.05) is 12.4 Å². The monoisotopic (exact) mass is 280 g/mol. The van der Waals surface area contributed by atoms with Crippen LogP contribution in [-0.2, 0) is 4.79 Å². The quantitative estimate of drug-likeness (QED) is 0.818. The summed E-state index contributed by atoms with van der Waals surface area (Å²) >= 11 is 5.13. The van der Waals surface area contributed by atoms with E-state index in [2.05, 4.69) is 10.6 Å². The van der Waals surface area contributed by atoms with E-state index < -0.39 is 5.41 Å². The first-order chi connectivity index (χ1) is 8.74. The van der Waals surface area contributed by atoms with Gasteiger partial charge < -0.3 is 15.4 Å². The number of hydrogen-bond donors (Lipinski definition) is 2. The van der Waals surface area contributed by atoms with Crippen LogP contribution in [0.5, 0.6) is 5.75 Å². The maximum atomic E-state index is 11.8. The molecule has 0 atom stereocenters. The van der Waals surface area contributed by atoms with Crippen LogP contribution >= 0.6 is 12.2 Å².